The van der Waals surface area contributed by atoms with Gasteiger partial charge < -0.3 is 35.5 Å². The maximum atomic E-state index is 11.9. The van der Waals surface area contributed by atoms with E-state index in [9.17, 15) is 14.7 Å². The summed E-state index contributed by atoms with van der Waals surface area (Å²) in [6.45, 7) is 0.741. The predicted molar refractivity (Wildman–Crippen MR) is 127 cm³/mol. The molecule has 2 aliphatic rings. The molecule has 1 atom stereocenters. The summed E-state index contributed by atoms with van der Waals surface area (Å²) in [4.78, 5) is 33.5. The molecule has 6 rings (SSSR count). The minimum atomic E-state index is -0.968. The maximum absolute atomic E-state index is 11.9. The largest absolute Gasteiger partial charge is 0.465 e. The number of primary amides is 1. The molecule has 4 aromatic rings. The zero-order valence-corrected chi connectivity index (χ0v) is 19.0. The fourth-order valence-electron chi connectivity index (χ4n) is 4.92. The van der Waals surface area contributed by atoms with Crippen molar-refractivity contribution < 1.29 is 24.2 Å². The monoisotopic (exact) mass is 490 g/mol. The Bertz CT molecular complexity index is 1530. The molecule has 184 valence electrons. The van der Waals surface area contributed by atoms with E-state index in [-0.39, 0.29) is 25.2 Å². The van der Waals surface area contributed by atoms with Crippen LogP contribution in [0, 0.1) is 0 Å². The van der Waals surface area contributed by atoms with Crippen LogP contribution < -0.4 is 20.9 Å². The van der Waals surface area contributed by atoms with Gasteiger partial charge in [0.05, 0.1) is 17.1 Å². The van der Waals surface area contributed by atoms with Crippen molar-refractivity contribution in [1.82, 2.24) is 29.2 Å². The van der Waals surface area contributed by atoms with E-state index in [2.05, 4.69) is 9.97 Å². The number of carboxylic acid groups (broad SMARTS) is 1. The number of nitrogen functional groups attached to an aromatic ring is 1. The lowest BCUT2D eigenvalue weighted by molar-refractivity contribution is 0.0993. The smallest absolute Gasteiger partial charge is 0.407 e. The van der Waals surface area contributed by atoms with Crippen molar-refractivity contribution in [3.05, 3.63) is 42.5 Å². The quantitative estimate of drug-likeness (QED) is 0.386. The summed E-state index contributed by atoms with van der Waals surface area (Å²) in [5, 5.41) is 14.9. The van der Waals surface area contributed by atoms with Gasteiger partial charge in [0.25, 0.3) is 5.91 Å². The summed E-state index contributed by atoms with van der Waals surface area (Å²) >= 11 is 0. The Kier molecular flexibility index (Phi) is 4.91. The summed E-state index contributed by atoms with van der Waals surface area (Å²) in [5.74, 6) is 0.529. The lowest BCUT2D eigenvalue weighted by Crippen LogP contribution is -2.40. The van der Waals surface area contributed by atoms with Crippen molar-refractivity contribution in [2.75, 3.05) is 25.6 Å². The second kappa shape index (κ2) is 8.15. The van der Waals surface area contributed by atoms with Crippen LogP contribution in [0.3, 0.4) is 0 Å². The van der Waals surface area contributed by atoms with E-state index >= 15 is 0 Å². The van der Waals surface area contributed by atoms with Gasteiger partial charge in [-0.2, -0.15) is 5.10 Å². The van der Waals surface area contributed by atoms with E-state index in [1.165, 1.54) is 11.2 Å². The van der Waals surface area contributed by atoms with Crippen LogP contribution in [-0.4, -0.2) is 66.2 Å². The number of fused-ring (bicyclic) bond motifs is 2. The van der Waals surface area contributed by atoms with Gasteiger partial charge in [0.2, 0.25) is 6.79 Å². The molecule has 2 aliphatic heterocycles. The zero-order chi connectivity index (χ0) is 25.0. The van der Waals surface area contributed by atoms with Crippen LogP contribution in [0.1, 0.15) is 29.4 Å². The van der Waals surface area contributed by atoms with Crippen LogP contribution in [0.25, 0.3) is 28.0 Å². The second-order valence-electron chi connectivity index (χ2n) is 8.60. The standard InChI is InChI=1S/C23H22N8O5/c24-20-16-17(28-31(22(16)27-10-26-20)12-3-1-7-29(9-12)23(33)34)13-5-6-14(19-18(13)35-11-36-19)30-8-2-4-15(30)21(25)32/h2,4-6,8,10,12H,1,3,7,9,11H2,(H2,25,32)(H,33,34)(H2,24,26,27)/t12-/m1/s1. The van der Waals surface area contributed by atoms with Gasteiger partial charge in [-0.25, -0.2) is 19.4 Å². The number of benzene rings is 1. The van der Waals surface area contributed by atoms with Crippen LogP contribution in [-0.2, 0) is 0 Å². The van der Waals surface area contributed by atoms with Gasteiger partial charge in [0, 0.05) is 24.8 Å². The number of hydrogen-bond acceptors (Lipinski definition) is 8. The molecule has 0 bridgehead atoms. The highest BCUT2D eigenvalue weighted by atomic mass is 16.7. The SMILES string of the molecule is NC(=O)c1cccn1-c1ccc(-c2nn([C@@H]3CCCN(C(=O)O)C3)c3ncnc(N)c23)c2c1OCO2. The number of ether oxygens (including phenoxy) is 2. The molecule has 3 aromatic heterocycles. The third-order valence-corrected chi connectivity index (χ3v) is 6.54. The van der Waals surface area contributed by atoms with Crippen LogP contribution >= 0.6 is 0 Å². The van der Waals surface area contributed by atoms with Crippen LogP contribution in [0.2, 0.25) is 0 Å². The molecule has 0 spiro atoms. The van der Waals surface area contributed by atoms with Gasteiger partial charge in [0.15, 0.2) is 17.1 Å². The number of anilines is 1. The summed E-state index contributed by atoms with van der Waals surface area (Å²) in [7, 11) is 0. The molecule has 0 unspecified atom stereocenters. The Morgan fingerprint density at radius 3 is 2.78 bits per heavy atom. The van der Waals surface area contributed by atoms with E-state index in [0.29, 0.717) is 58.1 Å². The highest BCUT2D eigenvalue weighted by Gasteiger charge is 2.31. The third kappa shape index (κ3) is 3.27. The predicted octanol–water partition coefficient (Wildman–Crippen LogP) is 2.01. The fraction of sp³-hybridized carbons (Fsp3) is 0.261. The van der Waals surface area contributed by atoms with Gasteiger partial charge in [-0.05, 0) is 37.1 Å². The molecule has 0 aliphatic carbocycles. The number of hydrogen-bond donors (Lipinski definition) is 3. The highest BCUT2D eigenvalue weighted by Crippen LogP contribution is 2.47. The van der Waals surface area contributed by atoms with Crippen molar-refractivity contribution in [2.24, 2.45) is 5.73 Å². The Morgan fingerprint density at radius 1 is 1.14 bits per heavy atom. The van der Waals surface area contributed by atoms with E-state index in [1.54, 1.807) is 39.7 Å². The average Bonchev–Trinajstić information content (AvgIpc) is 3.62. The Morgan fingerprint density at radius 2 is 1.97 bits per heavy atom. The molecule has 13 nitrogen and oxygen atoms in total. The summed E-state index contributed by atoms with van der Waals surface area (Å²) in [6, 6.07) is 6.70. The molecule has 1 saturated heterocycles. The van der Waals surface area contributed by atoms with Gasteiger partial charge in [-0.15, -0.1) is 0 Å². The first-order chi connectivity index (χ1) is 17.4. The van der Waals surface area contributed by atoms with Crippen molar-refractivity contribution in [3.8, 4) is 28.4 Å². The van der Waals surface area contributed by atoms with Gasteiger partial charge in [-0.1, -0.05) is 0 Å². The van der Waals surface area contributed by atoms with Crippen LogP contribution in [0.5, 0.6) is 11.5 Å². The number of amides is 2. The molecule has 1 fully saturated rings. The molecular formula is C23H22N8O5. The number of nitrogens with zero attached hydrogens (tertiary/aromatic N) is 6. The van der Waals surface area contributed by atoms with E-state index in [0.717, 1.165) is 6.42 Å². The van der Waals surface area contributed by atoms with Gasteiger partial charge >= 0.3 is 6.09 Å². The minimum absolute atomic E-state index is 0.0205. The molecule has 2 amide bonds. The molecule has 5 N–H and O–H groups in total. The van der Waals surface area contributed by atoms with Crippen molar-refractivity contribution in [1.29, 1.82) is 0 Å². The normalized spacial score (nSPS) is 17.0. The zero-order valence-electron chi connectivity index (χ0n) is 19.0. The minimum Gasteiger partial charge on any atom is -0.465 e. The molecule has 1 aromatic carbocycles. The topological polar surface area (TPSA) is 177 Å². The maximum Gasteiger partial charge on any atom is 0.407 e. The fourth-order valence-corrected chi connectivity index (χ4v) is 4.92. The van der Waals surface area contributed by atoms with Gasteiger partial charge in [0.1, 0.15) is 23.5 Å². The average molecular weight is 490 g/mol. The molecule has 0 saturated carbocycles. The first-order valence-electron chi connectivity index (χ1n) is 11.3. The summed E-state index contributed by atoms with van der Waals surface area (Å²) < 4.78 is 15.0. The van der Waals surface area contributed by atoms with Crippen molar-refractivity contribution >= 4 is 28.9 Å². The highest BCUT2D eigenvalue weighted by molar-refractivity contribution is 6.00. The van der Waals surface area contributed by atoms with Gasteiger partial charge in [-0.3, -0.25) is 4.79 Å². The number of rotatable bonds is 4. The van der Waals surface area contributed by atoms with Crippen LogP contribution in [0.15, 0.2) is 36.8 Å². The Balaban J connectivity index is 1.51. The molecular weight excluding hydrogens is 468 g/mol. The Hall–Kier alpha value is -4.81. The lowest BCUT2D eigenvalue weighted by Gasteiger charge is -2.30. The Labute approximate surface area is 203 Å². The van der Waals surface area contributed by atoms with E-state index < -0.39 is 12.0 Å². The number of aromatic nitrogens is 5. The van der Waals surface area contributed by atoms with Crippen LogP contribution in [0.4, 0.5) is 10.6 Å². The second-order valence-corrected chi connectivity index (χ2v) is 8.60. The third-order valence-electron chi connectivity index (χ3n) is 6.54. The van der Waals surface area contributed by atoms with Crippen molar-refractivity contribution in [2.45, 2.75) is 18.9 Å². The van der Waals surface area contributed by atoms with E-state index in [4.69, 9.17) is 26.0 Å². The molecule has 13 heteroatoms. The molecule has 36 heavy (non-hydrogen) atoms. The number of carbonyl (C=O) groups excluding carboxylic acids is 1. The first kappa shape index (κ1) is 21.7. The van der Waals surface area contributed by atoms with Crippen molar-refractivity contribution in [3.63, 3.8) is 0 Å². The number of carbonyl (C=O) groups is 2. The van der Waals surface area contributed by atoms with E-state index in [1.807, 2.05) is 0 Å². The number of piperidine rings is 1. The number of nitrogens with two attached hydrogens (primary N) is 2. The lowest BCUT2D eigenvalue weighted by atomic mass is 10.1. The first-order valence-corrected chi connectivity index (χ1v) is 11.3. The number of likely N-dealkylation sites (tertiary alicyclic amines) is 1. The summed E-state index contributed by atoms with van der Waals surface area (Å²) in [6.07, 6.45) is 3.55. The molecule has 5 heterocycles. The summed E-state index contributed by atoms with van der Waals surface area (Å²) in [5.41, 5.74) is 14.3. The molecule has 0 radical (unpaired) electrons.